The predicted octanol–water partition coefficient (Wildman–Crippen LogP) is 2.82. The third-order valence-electron chi connectivity index (χ3n) is 4.80. The molecular weight excluding hydrogens is 296 g/mol. The lowest BCUT2D eigenvalue weighted by Crippen LogP contribution is -2.43. The average Bonchev–Trinajstić information content (AvgIpc) is 3.22. The SMILES string of the molecule is O=C(CC1CCCC1)NC[C@@H](c1cccs1)N1CCOCC1. The van der Waals surface area contributed by atoms with Gasteiger partial charge in [0, 0.05) is 30.9 Å². The van der Waals surface area contributed by atoms with Crippen molar-refractivity contribution in [3.63, 3.8) is 0 Å². The van der Waals surface area contributed by atoms with Crippen molar-refractivity contribution in [2.24, 2.45) is 5.92 Å². The molecule has 0 bridgehead atoms. The summed E-state index contributed by atoms with van der Waals surface area (Å²) in [5.41, 5.74) is 0. The molecule has 5 heteroatoms. The van der Waals surface area contributed by atoms with Crippen molar-refractivity contribution in [1.29, 1.82) is 0 Å². The minimum Gasteiger partial charge on any atom is -0.379 e. The van der Waals surface area contributed by atoms with E-state index in [0.29, 0.717) is 18.9 Å². The Kier molecular flexibility index (Phi) is 5.87. The molecule has 122 valence electrons. The summed E-state index contributed by atoms with van der Waals surface area (Å²) in [4.78, 5) is 16.0. The van der Waals surface area contributed by atoms with Crippen LogP contribution < -0.4 is 5.32 Å². The fourth-order valence-corrected chi connectivity index (χ4v) is 4.40. The van der Waals surface area contributed by atoms with Crippen molar-refractivity contribution < 1.29 is 9.53 Å². The van der Waals surface area contributed by atoms with E-state index in [1.165, 1.54) is 30.6 Å². The summed E-state index contributed by atoms with van der Waals surface area (Å²) in [7, 11) is 0. The van der Waals surface area contributed by atoms with Gasteiger partial charge in [0.25, 0.3) is 0 Å². The van der Waals surface area contributed by atoms with Crippen LogP contribution in [0.2, 0.25) is 0 Å². The highest BCUT2D eigenvalue weighted by atomic mass is 32.1. The molecule has 1 aliphatic carbocycles. The molecule has 2 heterocycles. The Bertz CT molecular complexity index is 451. The summed E-state index contributed by atoms with van der Waals surface area (Å²) in [5, 5.41) is 5.29. The normalized spacial score (nSPS) is 21.8. The smallest absolute Gasteiger partial charge is 0.220 e. The number of nitrogens with one attached hydrogen (secondary N) is 1. The molecular formula is C17H26N2O2S. The molecule has 1 aromatic rings. The van der Waals surface area contributed by atoms with Crippen LogP contribution in [0.4, 0.5) is 0 Å². The molecule has 4 nitrogen and oxygen atoms in total. The Morgan fingerprint density at radius 3 is 2.82 bits per heavy atom. The van der Waals surface area contributed by atoms with Crippen LogP contribution in [0.5, 0.6) is 0 Å². The van der Waals surface area contributed by atoms with Gasteiger partial charge < -0.3 is 10.1 Å². The molecule has 1 atom stereocenters. The molecule has 1 aromatic heterocycles. The molecule has 0 spiro atoms. The van der Waals surface area contributed by atoms with Crippen LogP contribution in [0.1, 0.15) is 43.0 Å². The van der Waals surface area contributed by atoms with E-state index in [2.05, 4.69) is 27.7 Å². The van der Waals surface area contributed by atoms with Gasteiger partial charge >= 0.3 is 0 Å². The van der Waals surface area contributed by atoms with E-state index in [0.717, 1.165) is 26.3 Å². The van der Waals surface area contributed by atoms with Crippen molar-refractivity contribution >= 4 is 17.2 Å². The highest BCUT2D eigenvalue weighted by Crippen LogP contribution is 2.28. The minimum atomic E-state index is 0.224. The van der Waals surface area contributed by atoms with Crippen molar-refractivity contribution in [3.8, 4) is 0 Å². The lowest BCUT2D eigenvalue weighted by atomic mass is 10.0. The van der Waals surface area contributed by atoms with Crippen molar-refractivity contribution in [1.82, 2.24) is 10.2 Å². The molecule has 22 heavy (non-hydrogen) atoms. The minimum absolute atomic E-state index is 0.224. The summed E-state index contributed by atoms with van der Waals surface area (Å²) < 4.78 is 5.46. The topological polar surface area (TPSA) is 41.6 Å². The van der Waals surface area contributed by atoms with E-state index in [9.17, 15) is 4.79 Å². The Hall–Kier alpha value is -0.910. The first-order chi connectivity index (χ1) is 10.8. The number of carbonyl (C=O) groups excluding carboxylic acids is 1. The first-order valence-corrected chi connectivity index (χ1v) is 9.33. The lowest BCUT2D eigenvalue weighted by molar-refractivity contribution is -0.122. The summed E-state index contributed by atoms with van der Waals surface area (Å²) in [6.45, 7) is 4.18. The van der Waals surface area contributed by atoms with Crippen LogP contribution in [0, 0.1) is 5.92 Å². The van der Waals surface area contributed by atoms with Gasteiger partial charge in [-0.2, -0.15) is 0 Å². The standard InChI is InChI=1S/C17H26N2O2S/c20-17(12-14-4-1-2-5-14)18-13-15(16-6-3-11-22-16)19-7-9-21-10-8-19/h3,6,11,14-15H,1-2,4-5,7-10,12-13H2,(H,18,20)/t15-/m0/s1. The number of hydrogen-bond acceptors (Lipinski definition) is 4. The monoisotopic (exact) mass is 322 g/mol. The van der Waals surface area contributed by atoms with Gasteiger partial charge in [-0.3, -0.25) is 9.69 Å². The second-order valence-electron chi connectivity index (χ2n) is 6.34. The van der Waals surface area contributed by atoms with Gasteiger partial charge in [0.2, 0.25) is 5.91 Å². The number of thiophene rings is 1. The Morgan fingerprint density at radius 2 is 2.14 bits per heavy atom. The molecule has 1 saturated carbocycles. The zero-order valence-electron chi connectivity index (χ0n) is 13.1. The average molecular weight is 322 g/mol. The zero-order valence-corrected chi connectivity index (χ0v) is 13.9. The van der Waals surface area contributed by atoms with Crippen molar-refractivity contribution in [3.05, 3.63) is 22.4 Å². The number of ether oxygens (including phenoxy) is 1. The van der Waals surface area contributed by atoms with E-state index >= 15 is 0 Å². The molecule has 2 aliphatic rings. The van der Waals surface area contributed by atoms with Crippen LogP contribution >= 0.6 is 11.3 Å². The molecule has 1 aliphatic heterocycles. The maximum Gasteiger partial charge on any atom is 0.220 e. The zero-order chi connectivity index (χ0) is 15.2. The quantitative estimate of drug-likeness (QED) is 0.875. The Labute approximate surface area is 136 Å². The van der Waals surface area contributed by atoms with E-state index in [4.69, 9.17) is 4.74 Å². The van der Waals surface area contributed by atoms with Gasteiger partial charge in [-0.1, -0.05) is 18.9 Å². The largest absolute Gasteiger partial charge is 0.379 e. The van der Waals surface area contributed by atoms with E-state index in [-0.39, 0.29) is 11.9 Å². The number of morpholine rings is 1. The van der Waals surface area contributed by atoms with Crippen molar-refractivity contribution in [2.75, 3.05) is 32.8 Å². The number of amides is 1. The molecule has 3 rings (SSSR count). The van der Waals surface area contributed by atoms with E-state index in [1.54, 1.807) is 11.3 Å². The summed E-state index contributed by atoms with van der Waals surface area (Å²) in [5.74, 6) is 0.838. The van der Waals surface area contributed by atoms with Crippen LogP contribution in [0.25, 0.3) is 0 Å². The first-order valence-electron chi connectivity index (χ1n) is 8.45. The molecule has 1 saturated heterocycles. The van der Waals surface area contributed by atoms with Crippen LogP contribution in [0.15, 0.2) is 17.5 Å². The summed E-state index contributed by atoms with van der Waals surface area (Å²) in [6, 6.07) is 4.55. The van der Waals surface area contributed by atoms with E-state index < -0.39 is 0 Å². The number of hydrogen-bond donors (Lipinski definition) is 1. The van der Waals surface area contributed by atoms with E-state index in [1.807, 2.05) is 0 Å². The highest BCUT2D eigenvalue weighted by Gasteiger charge is 2.25. The summed E-state index contributed by atoms with van der Waals surface area (Å²) >= 11 is 1.78. The van der Waals surface area contributed by atoms with Gasteiger partial charge in [0.1, 0.15) is 0 Å². The van der Waals surface area contributed by atoms with Gasteiger partial charge in [0.05, 0.1) is 19.3 Å². The Balaban J connectivity index is 1.54. The highest BCUT2D eigenvalue weighted by molar-refractivity contribution is 7.10. The fourth-order valence-electron chi connectivity index (χ4n) is 3.54. The number of nitrogens with zero attached hydrogens (tertiary/aromatic N) is 1. The molecule has 0 unspecified atom stereocenters. The predicted molar refractivity (Wildman–Crippen MR) is 89.0 cm³/mol. The maximum absolute atomic E-state index is 12.2. The number of carbonyl (C=O) groups is 1. The third-order valence-corrected chi connectivity index (χ3v) is 5.77. The fraction of sp³-hybridized carbons (Fsp3) is 0.706. The van der Waals surface area contributed by atoms with Gasteiger partial charge in [-0.15, -0.1) is 11.3 Å². The summed E-state index contributed by atoms with van der Waals surface area (Å²) in [6.07, 6.45) is 5.75. The Morgan fingerprint density at radius 1 is 1.36 bits per heavy atom. The van der Waals surface area contributed by atoms with Crippen molar-refractivity contribution in [2.45, 2.75) is 38.1 Å². The second-order valence-corrected chi connectivity index (χ2v) is 7.32. The molecule has 1 N–H and O–H groups in total. The molecule has 2 fully saturated rings. The molecule has 0 radical (unpaired) electrons. The van der Waals surface area contributed by atoms with Gasteiger partial charge in [-0.05, 0) is 30.2 Å². The molecule has 0 aromatic carbocycles. The number of rotatable bonds is 6. The van der Waals surface area contributed by atoms with Crippen LogP contribution in [0.3, 0.4) is 0 Å². The molecule has 1 amide bonds. The second kappa shape index (κ2) is 8.09. The van der Waals surface area contributed by atoms with Gasteiger partial charge in [0.15, 0.2) is 0 Å². The van der Waals surface area contributed by atoms with Crippen LogP contribution in [-0.4, -0.2) is 43.7 Å². The first kappa shape index (κ1) is 16.0. The van der Waals surface area contributed by atoms with Gasteiger partial charge in [-0.25, -0.2) is 0 Å². The van der Waals surface area contributed by atoms with Crippen LogP contribution in [-0.2, 0) is 9.53 Å². The maximum atomic E-state index is 12.2. The lowest BCUT2D eigenvalue weighted by Gasteiger charge is -2.34. The third kappa shape index (κ3) is 4.31.